The zero-order valence-corrected chi connectivity index (χ0v) is 9.06. The monoisotopic (exact) mass is 222 g/mol. The van der Waals surface area contributed by atoms with Crippen molar-refractivity contribution in [3.05, 3.63) is 33.7 Å². The van der Waals surface area contributed by atoms with Crippen LogP contribution in [0.15, 0.2) is 17.1 Å². The van der Waals surface area contributed by atoms with Gasteiger partial charge in [0.2, 0.25) is 0 Å². The molecule has 1 aliphatic heterocycles. The Labute approximate surface area is 92.7 Å². The van der Waals surface area contributed by atoms with Crippen LogP contribution in [0, 0.1) is 12.8 Å². The Morgan fingerprint density at radius 3 is 2.88 bits per heavy atom. The number of aryl methyl sites for hydroxylation is 1. The quantitative estimate of drug-likeness (QED) is 0.724. The van der Waals surface area contributed by atoms with Crippen molar-refractivity contribution in [2.45, 2.75) is 6.92 Å². The van der Waals surface area contributed by atoms with Crippen molar-refractivity contribution in [1.82, 2.24) is 9.88 Å². The summed E-state index contributed by atoms with van der Waals surface area (Å²) in [6, 6.07) is 1.41. The molecule has 0 radical (unpaired) electrons. The van der Waals surface area contributed by atoms with Gasteiger partial charge in [-0.2, -0.15) is 0 Å². The molecule has 1 fully saturated rings. The van der Waals surface area contributed by atoms with Crippen LogP contribution in [0.2, 0.25) is 0 Å². The van der Waals surface area contributed by atoms with Crippen molar-refractivity contribution < 1.29 is 9.90 Å². The number of carbonyl (C=O) groups excluding carboxylic acids is 1. The molecule has 86 valence electrons. The summed E-state index contributed by atoms with van der Waals surface area (Å²) in [4.78, 5) is 27.8. The largest absolute Gasteiger partial charge is 0.396 e. The van der Waals surface area contributed by atoms with Crippen molar-refractivity contribution in [1.29, 1.82) is 0 Å². The Morgan fingerprint density at radius 2 is 2.31 bits per heavy atom. The molecule has 5 heteroatoms. The van der Waals surface area contributed by atoms with Gasteiger partial charge < -0.3 is 15.0 Å². The summed E-state index contributed by atoms with van der Waals surface area (Å²) < 4.78 is 0. The number of aliphatic hydroxyl groups is 1. The Bertz CT molecular complexity index is 461. The Morgan fingerprint density at radius 1 is 1.62 bits per heavy atom. The molecule has 0 unspecified atom stereocenters. The van der Waals surface area contributed by atoms with Crippen LogP contribution in [-0.4, -0.2) is 40.6 Å². The highest BCUT2D eigenvalue weighted by Crippen LogP contribution is 2.16. The van der Waals surface area contributed by atoms with Gasteiger partial charge in [-0.3, -0.25) is 9.59 Å². The number of hydrogen-bond acceptors (Lipinski definition) is 3. The minimum atomic E-state index is -0.258. The van der Waals surface area contributed by atoms with Crippen molar-refractivity contribution in [3.8, 4) is 0 Å². The number of rotatable bonds is 2. The number of amides is 1. The van der Waals surface area contributed by atoms with Crippen molar-refractivity contribution in [3.63, 3.8) is 0 Å². The summed E-state index contributed by atoms with van der Waals surface area (Å²) in [6.07, 6.45) is 1.45. The molecule has 0 saturated carbocycles. The second-order valence-corrected chi connectivity index (χ2v) is 4.15. The molecule has 1 saturated heterocycles. The van der Waals surface area contributed by atoms with E-state index >= 15 is 0 Å². The van der Waals surface area contributed by atoms with E-state index in [1.54, 1.807) is 11.8 Å². The van der Waals surface area contributed by atoms with Crippen LogP contribution < -0.4 is 5.43 Å². The van der Waals surface area contributed by atoms with E-state index in [0.717, 1.165) is 5.69 Å². The van der Waals surface area contributed by atoms with Crippen LogP contribution in [0.1, 0.15) is 16.1 Å². The number of likely N-dealkylation sites (tertiary alicyclic amines) is 1. The molecule has 0 aliphatic carbocycles. The maximum absolute atomic E-state index is 11.8. The summed E-state index contributed by atoms with van der Waals surface area (Å²) >= 11 is 0. The summed E-state index contributed by atoms with van der Waals surface area (Å²) in [7, 11) is 0. The summed E-state index contributed by atoms with van der Waals surface area (Å²) in [5.74, 6) is -0.0978. The van der Waals surface area contributed by atoms with Crippen molar-refractivity contribution in [2.75, 3.05) is 19.7 Å². The number of aromatic nitrogens is 1. The van der Waals surface area contributed by atoms with E-state index in [0.29, 0.717) is 13.1 Å². The van der Waals surface area contributed by atoms with Gasteiger partial charge in [-0.05, 0) is 6.92 Å². The second kappa shape index (κ2) is 4.09. The zero-order chi connectivity index (χ0) is 11.7. The predicted molar refractivity (Wildman–Crippen MR) is 58.3 cm³/mol. The van der Waals surface area contributed by atoms with Crippen molar-refractivity contribution >= 4 is 5.91 Å². The minimum absolute atomic E-state index is 0.0913. The molecule has 1 aromatic rings. The van der Waals surface area contributed by atoms with Gasteiger partial charge in [0.05, 0.1) is 0 Å². The molecule has 0 spiro atoms. The summed E-state index contributed by atoms with van der Waals surface area (Å²) in [5.41, 5.74) is 0.647. The Kier molecular flexibility index (Phi) is 2.78. The van der Waals surface area contributed by atoms with E-state index < -0.39 is 0 Å². The van der Waals surface area contributed by atoms with E-state index in [4.69, 9.17) is 5.11 Å². The van der Waals surface area contributed by atoms with Gasteiger partial charge in [0.25, 0.3) is 5.91 Å². The van der Waals surface area contributed by atoms with E-state index in [-0.39, 0.29) is 29.4 Å². The maximum atomic E-state index is 11.8. The Hall–Kier alpha value is -1.62. The topological polar surface area (TPSA) is 73.4 Å². The van der Waals surface area contributed by atoms with Crippen molar-refractivity contribution in [2.24, 2.45) is 5.92 Å². The first kappa shape index (κ1) is 10.9. The molecular weight excluding hydrogens is 208 g/mol. The lowest BCUT2D eigenvalue weighted by Crippen LogP contribution is -2.52. The molecule has 5 nitrogen and oxygen atoms in total. The molecule has 16 heavy (non-hydrogen) atoms. The number of aromatic amines is 1. The van der Waals surface area contributed by atoms with Crippen LogP contribution >= 0.6 is 0 Å². The van der Waals surface area contributed by atoms with Gasteiger partial charge in [-0.25, -0.2) is 0 Å². The molecule has 2 N–H and O–H groups in total. The van der Waals surface area contributed by atoms with E-state index in [2.05, 4.69) is 4.98 Å². The number of carbonyl (C=O) groups is 1. The number of nitrogens with zero attached hydrogens (tertiary/aromatic N) is 1. The molecule has 1 amide bonds. The smallest absolute Gasteiger partial charge is 0.259 e. The van der Waals surface area contributed by atoms with Gasteiger partial charge in [-0.1, -0.05) is 0 Å². The average molecular weight is 222 g/mol. The first-order chi connectivity index (χ1) is 7.61. The molecule has 0 atom stereocenters. The van der Waals surface area contributed by atoms with Crippen LogP contribution in [0.4, 0.5) is 0 Å². The second-order valence-electron chi connectivity index (χ2n) is 4.15. The fourth-order valence-electron chi connectivity index (χ4n) is 1.76. The highest BCUT2D eigenvalue weighted by molar-refractivity contribution is 5.94. The summed E-state index contributed by atoms with van der Waals surface area (Å²) in [5, 5.41) is 8.84. The number of aliphatic hydroxyl groups excluding tert-OH is 1. The van der Waals surface area contributed by atoms with E-state index in [9.17, 15) is 9.59 Å². The van der Waals surface area contributed by atoms with E-state index in [1.165, 1.54) is 12.3 Å². The molecule has 2 heterocycles. The number of nitrogens with one attached hydrogen (secondary N) is 1. The molecule has 1 aliphatic rings. The van der Waals surface area contributed by atoms with Gasteiger partial charge in [0.1, 0.15) is 5.56 Å². The third kappa shape index (κ3) is 1.86. The third-order valence-electron chi connectivity index (χ3n) is 2.79. The lowest BCUT2D eigenvalue weighted by Gasteiger charge is -2.38. The first-order valence-electron chi connectivity index (χ1n) is 5.21. The average Bonchev–Trinajstić information content (AvgIpc) is 2.15. The summed E-state index contributed by atoms with van der Waals surface area (Å²) in [6.45, 7) is 2.92. The third-order valence-corrected chi connectivity index (χ3v) is 2.79. The highest BCUT2D eigenvalue weighted by atomic mass is 16.3. The number of hydrogen-bond donors (Lipinski definition) is 2. The van der Waals surface area contributed by atoms with E-state index in [1.807, 2.05) is 0 Å². The first-order valence-corrected chi connectivity index (χ1v) is 5.21. The normalized spacial score (nSPS) is 16.0. The zero-order valence-electron chi connectivity index (χ0n) is 9.06. The number of H-pyrrole nitrogens is 1. The minimum Gasteiger partial charge on any atom is -0.396 e. The van der Waals surface area contributed by atoms with Gasteiger partial charge in [0, 0.05) is 43.6 Å². The van der Waals surface area contributed by atoms with Gasteiger partial charge in [0.15, 0.2) is 5.43 Å². The van der Waals surface area contributed by atoms with Gasteiger partial charge >= 0.3 is 0 Å². The Balaban J connectivity index is 2.13. The fourth-order valence-corrected chi connectivity index (χ4v) is 1.76. The SMILES string of the molecule is Cc1cc(=O)c(C(=O)N2CC(CO)C2)c[nH]1. The molecule has 0 bridgehead atoms. The predicted octanol–water partition coefficient (Wildman–Crippen LogP) is -0.252. The standard InChI is InChI=1S/C11H14N2O3/c1-7-2-10(15)9(3-12-7)11(16)13-4-8(5-13)6-14/h2-3,8,14H,4-6H2,1H3,(H,12,15). The maximum Gasteiger partial charge on any atom is 0.259 e. The van der Waals surface area contributed by atoms with Crippen LogP contribution in [0.25, 0.3) is 0 Å². The van der Waals surface area contributed by atoms with Crippen LogP contribution in [-0.2, 0) is 0 Å². The highest BCUT2D eigenvalue weighted by Gasteiger charge is 2.31. The molecule has 1 aromatic heterocycles. The van der Waals surface area contributed by atoms with Crippen LogP contribution in [0.3, 0.4) is 0 Å². The molecule has 0 aromatic carbocycles. The lowest BCUT2D eigenvalue weighted by molar-refractivity contribution is 0.0360. The molecular formula is C11H14N2O3. The fraction of sp³-hybridized carbons (Fsp3) is 0.455. The molecule has 2 rings (SSSR count). The van der Waals surface area contributed by atoms with Gasteiger partial charge in [-0.15, -0.1) is 0 Å². The van der Waals surface area contributed by atoms with Crippen LogP contribution in [0.5, 0.6) is 0 Å². The lowest BCUT2D eigenvalue weighted by atomic mass is 10.0. The number of pyridine rings is 1.